The maximum atomic E-state index is 11.4. The lowest BCUT2D eigenvalue weighted by Gasteiger charge is -2.08. The topological polar surface area (TPSA) is 55.4 Å². The van der Waals surface area contributed by atoms with E-state index in [4.69, 9.17) is 4.74 Å². The largest absolute Gasteiger partial charge is 0.379 e. The molecule has 0 aromatic rings. The Morgan fingerprint density at radius 1 is 1.12 bits per heavy atom. The van der Waals surface area contributed by atoms with Gasteiger partial charge in [0.2, 0.25) is 0 Å². The minimum absolute atomic E-state index is 0.253. The molecule has 0 aromatic carbocycles. The van der Waals surface area contributed by atoms with Crippen LogP contribution in [0.5, 0.6) is 0 Å². The summed E-state index contributed by atoms with van der Waals surface area (Å²) in [6.45, 7) is 8.15. The van der Waals surface area contributed by atoms with Crippen molar-refractivity contribution in [2.45, 2.75) is 46.1 Å². The van der Waals surface area contributed by atoms with Crippen molar-refractivity contribution in [3.63, 3.8) is 0 Å². The predicted molar refractivity (Wildman–Crippen MR) is 72.1 cm³/mol. The molecule has 0 bridgehead atoms. The lowest BCUT2D eigenvalue weighted by Crippen LogP contribution is -2.25. The minimum atomic E-state index is -2.83. The average molecular weight is 265 g/mol. The molecule has 0 fully saturated rings. The molecule has 0 rings (SSSR count). The Morgan fingerprint density at radius 3 is 2.41 bits per heavy atom. The molecule has 4 nitrogen and oxygen atoms in total. The maximum Gasteiger partial charge on any atom is 0.151 e. The second-order valence-corrected chi connectivity index (χ2v) is 6.83. The fourth-order valence-corrected chi connectivity index (χ4v) is 2.72. The van der Waals surface area contributed by atoms with E-state index < -0.39 is 9.84 Å². The Morgan fingerprint density at radius 2 is 1.82 bits per heavy atom. The maximum absolute atomic E-state index is 11.4. The van der Waals surface area contributed by atoms with Gasteiger partial charge in [-0.25, -0.2) is 8.42 Å². The van der Waals surface area contributed by atoms with Crippen LogP contribution in [0.4, 0.5) is 0 Å². The van der Waals surface area contributed by atoms with E-state index in [1.54, 1.807) is 0 Å². The number of nitrogens with one attached hydrogen (secondary N) is 1. The fourth-order valence-electron chi connectivity index (χ4n) is 1.44. The number of ether oxygens (including phenoxy) is 1. The highest BCUT2D eigenvalue weighted by Crippen LogP contribution is 1.94. The van der Waals surface area contributed by atoms with Crippen LogP contribution in [0.25, 0.3) is 0 Å². The van der Waals surface area contributed by atoms with Gasteiger partial charge in [-0.15, -0.1) is 0 Å². The first-order valence-corrected chi connectivity index (χ1v) is 8.33. The molecule has 0 saturated carbocycles. The molecule has 0 aromatic heterocycles. The van der Waals surface area contributed by atoms with Crippen LogP contribution in [0.1, 0.15) is 40.0 Å². The standard InChI is InChI=1S/C12H27NO3S/c1-4-10-17(14,15)11-8-13-7-5-6-9-16-12(2)3/h12-13H,4-11H2,1-3H3. The van der Waals surface area contributed by atoms with Crippen LogP contribution in [-0.2, 0) is 14.6 Å². The summed E-state index contributed by atoms with van der Waals surface area (Å²) in [6, 6.07) is 0. The zero-order valence-electron chi connectivity index (χ0n) is 11.4. The molecule has 0 unspecified atom stereocenters. The molecule has 17 heavy (non-hydrogen) atoms. The summed E-state index contributed by atoms with van der Waals surface area (Å²) in [7, 11) is -2.83. The zero-order valence-corrected chi connectivity index (χ0v) is 12.2. The highest BCUT2D eigenvalue weighted by atomic mass is 32.2. The van der Waals surface area contributed by atoms with Crippen molar-refractivity contribution in [1.82, 2.24) is 5.32 Å². The summed E-state index contributed by atoms with van der Waals surface area (Å²) < 4.78 is 28.2. The Balaban J connectivity index is 3.29. The third-order valence-electron chi connectivity index (χ3n) is 2.30. The average Bonchev–Trinajstić information content (AvgIpc) is 2.21. The van der Waals surface area contributed by atoms with Gasteiger partial charge in [0.15, 0.2) is 9.84 Å². The Labute approximate surface area is 106 Å². The summed E-state index contributed by atoms with van der Waals surface area (Å²) in [5.74, 6) is 0.556. The van der Waals surface area contributed by atoms with Crippen LogP contribution in [0, 0.1) is 0 Å². The van der Waals surface area contributed by atoms with E-state index in [2.05, 4.69) is 5.32 Å². The van der Waals surface area contributed by atoms with Crippen molar-refractivity contribution in [2.75, 3.05) is 31.2 Å². The summed E-state index contributed by atoms with van der Waals surface area (Å²) in [5, 5.41) is 3.15. The normalized spacial score (nSPS) is 12.2. The van der Waals surface area contributed by atoms with E-state index in [1.807, 2.05) is 20.8 Å². The van der Waals surface area contributed by atoms with Crippen LogP contribution in [0.15, 0.2) is 0 Å². The van der Waals surface area contributed by atoms with Gasteiger partial charge in [-0.2, -0.15) is 0 Å². The van der Waals surface area contributed by atoms with Crippen molar-refractivity contribution in [1.29, 1.82) is 0 Å². The molecule has 0 aliphatic rings. The molecule has 1 N–H and O–H groups in total. The number of sulfone groups is 1. The van der Waals surface area contributed by atoms with E-state index in [-0.39, 0.29) is 5.75 Å². The van der Waals surface area contributed by atoms with Crippen LogP contribution < -0.4 is 5.32 Å². The molecule has 0 aliphatic heterocycles. The molecule has 104 valence electrons. The zero-order chi connectivity index (χ0) is 13.1. The Kier molecular flexibility index (Phi) is 9.78. The van der Waals surface area contributed by atoms with Crippen molar-refractivity contribution < 1.29 is 13.2 Å². The van der Waals surface area contributed by atoms with Gasteiger partial charge in [0.1, 0.15) is 0 Å². The van der Waals surface area contributed by atoms with Gasteiger partial charge in [0.25, 0.3) is 0 Å². The minimum Gasteiger partial charge on any atom is -0.379 e. The van der Waals surface area contributed by atoms with E-state index in [1.165, 1.54) is 0 Å². The molecule has 0 aliphatic carbocycles. The van der Waals surface area contributed by atoms with E-state index >= 15 is 0 Å². The van der Waals surface area contributed by atoms with Gasteiger partial charge in [-0.05, 0) is 39.7 Å². The molecule has 0 radical (unpaired) electrons. The molecule has 5 heteroatoms. The molecule has 0 amide bonds. The molecular formula is C12H27NO3S. The van der Waals surface area contributed by atoms with Crippen molar-refractivity contribution in [3.05, 3.63) is 0 Å². The summed E-state index contributed by atoms with van der Waals surface area (Å²) in [4.78, 5) is 0. The van der Waals surface area contributed by atoms with Crippen molar-refractivity contribution >= 4 is 9.84 Å². The number of unbranched alkanes of at least 4 members (excludes halogenated alkanes) is 1. The van der Waals surface area contributed by atoms with Gasteiger partial charge >= 0.3 is 0 Å². The Hall–Kier alpha value is -0.130. The first-order valence-electron chi connectivity index (χ1n) is 6.50. The number of hydrogen-bond donors (Lipinski definition) is 1. The highest BCUT2D eigenvalue weighted by Gasteiger charge is 2.07. The molecule has 0 spiro atoms. The number of hydrogen-bond acceptors (Lipinski definition) is 4. The van der Waals surface area contributed by atoms with Crippen LogP contribution in [-0.4, -0.2) is 45.7 Å². The lowest BCUT2D eigenvalue weighted by molar-refractivity contribution is 0.0761. The van der Waals surface area contributed by atoms with Crippen molar-refractivity contribution in [2.24, 2.45) is 0 Å². The first-order chi connectivity index (χ1) is 7.98. The molecule has 0 saturated heterocycles. The number of rotatable bonds is 11. The highest BCUT2D eigenvalue weighted by molar-refractivity contribution is 7.91. The van der Waals surface area contributed by atoms with Gasteiger partial charge in [0.05, 0.1) is 11.9 Å². The fraction of sp³-hybridized carbons (Fsp3) is 1.00. The summed E-state index contributed by atoms with van der Waals surface area (Å²) in [5.41, 5.74) is 0. The SMILES string of the molecule is CCCS(=O)(=O)CCNCCCCOC(C)C. The summed E-state index contributed by atoms with van der Waals surface area (Å²) >= 11 is 0. The van der Waals surface area contributed by atoms with Gasteiger partial charge in [0, 0.05) is 18.9 Å². The molecule has 0 atom stereocenters. The van der Waals surface area contributed by atoms with Crippen molar-refractivity contribution in [3.8, 4) is 0 Å². The monoisotopic (exact) mass is 265 g/mol. The lowest BCUT2D eigenvalue weighted by atomic mass is 10.3. The predicted octanol–water partition coefficient (Wildman–Crippen LogP) is 1.61. The quantitative estimate of drug-likeness (QED) is 0.577. The molecular weight excluding hydrogens is 238 g/mol. The smallest absolute Gasteiger partial charge is 0.151 e. The van der Waals surface area contributed by atoms with E-state index in [0.717, 1.165) is 26.0 Å². The summed E-state index contributed by atoms with van der Waals surface area (Å²) in [6.07, 6.45) is 3.05. The van der Waals surface area contributed by atoms with Crippen LogP contribution in [0.2, 0.25) is 0 Å². The Bertz CT molecular complexity index is 263. The van der Waals surface area contributed by atoms with Gasteiger partial charge in [-0.3, -0.25) is 0 Å². The van der Waals surface area contributed by atoms with E-state index in [9.17, 15) is 8.42 Å². The third-order valence-corrected chi connectivity index (χ3v) is 4.16. The van der Waals surface area contributed by atoms with E-state index in [0.29, 0.717) is 24.8 Å². The van der Waals surface area contributed by atoms with Gasteiger partial charge < -0.3 is 10.1 Å². The van der Waals surface area contributed by atoms with Crippen LogP contribution in [0.3, 0.4) is 0 Å². The third kappa shape index (κ3) is 12.1. The second kappa shape index (κ2) is 9.85. The first kappa shape index (κ1) is 16.9. The van der Waals surface area contributed by atoms with Crippen LogP contribution >= 0.6 is 0 Å². The molecule has 0 heterocycles. The van der Waals surface area contributed by atoms with Gasteiger partial charge in [-0.1, -0.05) is 6.92 Å². The second-order valence-electron chi connectivity index (χ2n) is 4.53.